The van der Waals surface area contributed by atoms with Crippen LogP contribution in [-0.4, -0.2) is 70.2 Å². The molecule has 12 heteroatoms. The minimum absolute atomic E-state index is 0.137. The maximum absolute atomic E-state index is 14.0. The summed E-state index contributed by atoms with van der Waals surface area (Å²) >= 11 is 0. The zero-order valence-electron chi connectivity index (χ0n) is 26.9. The number of hydrogen-bond donors (Lipinski definition) is 2. The number of halogens is 2. The molecule has 0 unspecified atom stereocenters. The molecule has 4 atom stereocenters. The fourth-order valence-corrected chi connectivity index (χ4v) is 6.15. The van der Waals surface area contributed by atoms with E-state index in [2.05, 4.69) is 0 Å². The van der Waals surface area contributed by atoms with E-state index < -0.39 is 73.9 Å². The highest BCUT2D eigenvalue weighted by atomic mass is 19.1. The molecule has 2 N–H and O–H groups in total. The molecule has 0 aromatic heterocycles. The van der Waals surface area contributed by atoms with Crippen molar-refractivity contribution in [2.45, 2.75) is 13.1 Å². The number of amides is 2. The quantitative estimate of drug-likeness (QED) is 0.142. The predicted molar refractivity (Wildman–Crippen MR) is 178 cm³/mol. The van der Waals surface area contributed by atoms with Crippen LogP contribution in [-0.2, 0) is 32.3 Å². The SMILES string of the molecule is O=C(O)[C@H]1[C@H](C(=O)O)[C@H](C(=O)N(CCF)Cc2ccc(Oc3ccccc3)cc2)[C@H]1C(=O)N(CCF)Cc1ccc(Oc2ccccc2)cc1. The van der Waals surface area contributed by atoms with E-state index in [0.717, 1.165) is 9.80 Å². The molecule has 1 aliphatic rings. The zero-order chi connectivity index (χ0) is 35.6. The van der Waals surface area contributed by atoms with E-state index in [4.69, 9.17) is 9.47 Å². The standard InChI is InChI=1S/C38H36F2N2O8/c39-19-21-41(23-25-11-15-29(16-12-25)49-27-7-3-1-4-8-27)35(43)31-32(34(38(47)48)33(31)37(45)46)36(44)42(22-20-40)24-26-13-17-30(18-14-26)50-28-9-5-2-6-10-28/h1-18,31-34H,19-24H2,(H,45,46)(H,47,48)/t31-,32-,33-,34-/m1/s1. The molecule has 1 saturated carbocycles. The highest BCUT2D eigenvalue weighted by Crippen LogP contribution is 2.49. The molecule has 10 nitrogen and oxygen atoms in total. The third-order valence-corrected chi connectivity index (χ3v) is 8.57. The van der Waals surface area contributed by atoms with Crippen LogP contribution in [0.3, 0.4) is 0 Å². The molecule has 4 aromatic rings. The Hall–Kier alpha value is -5.78. The molecule has 0 heterocycles. The highest BCUT2D eigenvalue weighted by Gasteiger charge is 2.64. The molecule has 50 heavy (non-hydrogen) atoms. The number of carboxylic acids is 2. The van der Waals surface area contributed by atoms with Gasteiger partial charge in [0.15, 0.2) is 0 Å². The molecular weight excluding hydrogens is 650 g/mol. The minimum Gasteiger partial charge on any atom is -0.481 e. The van der Waals surface area contributed by atoms with E-state index >= 15 is 0 Å². The first-order valence-corrected chi connectivity index (χ1v) is 16.0. The Morgan fingerprint density at radius 3 is 1.12 bits per heavy atom. The number of carboxylic acid groups (broad SMARTS) is 2. The average molecular weight is 687 g/mol. The third kappa shape index (κ3) is 8.43. The lowest BCUT2D eigenvalue weighted by atomic mass is 9.55. The number of ether oxygens (including phenoxy) is 2. The first-order chi connectivity index (χ1) is 24.2. The van der Waals surface area contributed by atoms with E-state index in [-0.39, 0.29) is 13.1 Å². The summed E-state index contributed by atoms with van der Waals surface area (Å²) < 4.78 is 39.2. The van der Waals surface area contributed by atoms with Gasteiger partial charge in [-0.25, -0.2) is 8.78 Å². The molecule has 1 fully saturated rings. The van der Waals surface area contributed by atoms with Crippen molar-refractivity contribution in [3.05, 3.63) is 120 Å². The van der Waals surface area contributed by atoms with Crippen molar-refractivity contribution in [2.24, 2.45) is 23.7 Å². The smallest absolute Gasteiger partial charge is 0.308 e. The monoisotopic (exact) mass is 686 g/mol. The molecule has 1 aliphatic carbocycles. The van der Waals surface area contributed by atoms with Crippen molar-refractivity contribution in [3.8, 4) is 23.0 Å². The van der Waals surface area contributed by atoms with Crippen LogP contribution in [0.4, 0.5) is 8.78 Å². The van der Waals surface area contributed by atoms with Gasteiger partial charge in [0.05, 0.1) is 23.7 Å². The fourth-order valence-electron chi connectivity index (χ4n) is 6.15. The second kappa shape index (κ2) is 16.6. The number of nitrogens with zero attached hydrogens (tertiary/aromatic N) is 2. The van der Waals surface area contributed by atoms with Crippen LogP contribution in [0.1, 0.15) is 11.1 Å². The second-order valence-corrected chi connectivity index (χ2v) is 11.8. The number of carbonyl (C=O) groups excluding carboxylic acids is 2. The Morgan fingerprint density at radius 2 is 0.820 bits per heavy atom. The number of aliphatic carboxylic acids is 2. The predicted octanol–water partition coefficient (Wildman–Crippen LogP) is 6.22. The molecule has 0 radical (unpaired) electrons. The summed E-state index contributed by atoms with van der Waals surface area (Å²) in [6.07, 6.45) is 0. The lowest BCUT2D eigenvalue weighted by Gasteiger charge is -2.48. The van der Waals surface area contributed by atoms with Crippen molar-refractivity contribution in [1.82, 2.24) is 9.80 Å². The molecule has 0 saturated heterocycles. The highest BCUT2D eigenvalue weighted by molar-refractivity contribution is 5.99. The van der Waals surface area contributed by atoms with Crippen molar-refractivity contribution in [3.63, 3.8) is 0 Å². The number of alkyl halides is 2. The molecule has 0 spiro atoms. The van der Waals surface area contributed by atoms with Crippen LogP contribution < -0.4 is 9.47 Å². The van der Waals surface area contributed by atoms with Crippen LogP contribution in [0.15, 0.2) is 109 Å². The molecule has 0 aliphatic heterocycles. The maximum atomic E-state index is 14.0. The topological polar surface area (TPSA) is 134 Å². The van der Waals surface area contributed by atoms with E-state index in [1.807, 2.05) is 36.4 Å². The van der Waals surface area contributed by atoms with Crippen molar-refractivity contribution in [2.75, 3.05) is 26.4 Å². The molecular formula is C38H36F2N2O8. The number of para-hydroxylation sites is 2. The molecule has 0 bridgehead atoms. The van der Waals surface area contributed by atoms with Crippen molar-refractivity contribution < 1.29 is 47.6 Å². The lowest BCUT2D eigenvalue weighted by Crippen LogP contribution is -2.64. The van der Waals surface area contributed by atoms with Gasteiger partial charge in [-0.15, -0.1) is 0 Å². The van der Waals surface area contributed by atoms with Crippen LogP contribution in [0.25, 0.3) is 0 Å². The largest absolute Gasteiger partial charge is 0.481 e. The number of benzene rings is 4. The average Bonchev–Trinajstić information content (AvgIpc) is 3.09. The van der Waals surface area contributed by atoms with Crippen LogP contribution in [0, 0.1) is 23.7 Å². The molecule has 2 amide bonds. The summed E-state index contributed by atoms with van der Waals surface area (Å²) in [5, 5.41) is 20.0. The van der Waals surface area contributed by atoms with Crippen LogP contribution >= 0.6 is 0 Å². The van der Waals surface area contributed by atoms with Gasteiger partial charge in [0.2, 0.25) is 11.8 Å². The Labute approximate surface area is 287 Å². The Kier molecular flexibility index (Phi) is 11.8. The summed E-state index contributed by atoms with van der Waals surface area (Å²) in [6, 6.07) is 31.4. The molecule has 4 aromatic carbocycles. The van der Waals surface area contributed by atoms with Gasteiger partial charge in [-0.1, -0.05) is 60.7 Å². The van der Waals surface area contributed by atoms with Gasteiger partial charge in [-0.05, 0) is 59.7 Å². The third-order valence-electron chi connectivity index (χ3n) is 8.57. The van der Waals surface area contributed by atoms with E-state index in [0.29, 0.717) is 34.1 Å². The second-order valence-electron chi connectivity index (χ2n) is 11.8. The zero-order valence-corrected chi connectivity index (χ0v) is 26.9. The van der Waals surface area contributed by atoms with Gasteiger partial charge in [-0.3, -0.25) is 19.2 Å². The molecule has 260 valence electrons. The van der Waals surface area contributed by atoms with Crippen molar-refractivity contribution in [1.29, 1.82) is 0 Å². The Balaban J connectivity index is 1.35. The minimum atomic E-state index is -1.75. The summed E-state index contributed by atoms with van der Waals surface area (Å²) in [5.74, 6) is -9.40. The summed E-state index contributed by atoms with van der Waals surface area (Å²) in [6.45, 7) is -3.06. The van der Waals surface area contributed by atoms with Gasteiger partial charge < -0.3 is 29.5 Å². The van der Waals surface area contributed by atoms with Crippen LogP contribution in [0.2, 0.25) is 0 Å². The number of rotatable bonds is 16. The number of hydrogen-bond acceptors (Lipinski definition) is 6. The molecule has 5 rings (SSSR count). The van der Waals surface area contributed by atoms with Gasteiger partial charge in [0.25, 0.3) is 0 Å². The van der Waals surface area contributed by atoms with Gasteiger partial charge >= 0.3 is 11.9 Å². The maximum Gasteiger partial charge on any atom is 0.308 e. The summed E-state index contributed by atoms with van der Waals surface area (Å²) in [4.78, 5) is 54.8. The van der Waals surface area contributed by atoms with E-state index in [9.17, 15) is 38.2 Å². The lowest BCUT2D eigenvalue weighted by molar-refractivity contribution is -0.187. The van der Waals surface area contributed by atoms with Gasteiger partial charge in [-0.2, -0.15) is 0 Å². The normalized spacial score (nSPS) is 18.0. The first kappa shape index (κ1) is 35.5. The Morgan fingerprint density at radius 1 is 0.500 bits per heavy atom. The fraction of sp³-hybridized carbons (Fsp3) is 0.263. The van der Waals surface area contributed by atoms with Crippen LogP contribution in [0.5, 0.6) is 23.0 Å². The van der Waals surface area contributed by atoms with Crippen molar-refractivity contribution >= 4 is 23.8 Å². The Bertz CT molecular complexity index is 1630. The summed E-state index contributed by atoms with van der Waals surface area (Å²) in [7, 11) is 0. The summed E-state index contributed by atoms with van der Waals surface area (Å²) in [5.41, 5.74) is 1.13. The van der Waals surface area contributed by atoms with Gasteiger partial charge in [0.1, 0.15) is 36.3 Å². The van der Waals surface area contributed by atoms with Gasteiger partial charge in [0, 0.05) is 26.2 Å². The first-order valence-electron chi connectivity index (χ1n) is 16.0. The number of carbonyl (C=O) groups is 4. The van der Waals surface area contributed by atoms with E-state index in [1.54, 1.807) is 72.8 Å². The van der Waals surface area contributed by atoms with E-state index in [1.165, 1.54) is 0 Å².